The van der Waals surface area contributed by atoms with Crippen LogP contribution in [0.2, 0.25) is 0 Å². The Kier molecular flexibility index (Phi) is 14.1. The molecule has 0 aliphatic carbocycles. The fraction of sp³-hybridized carbons (Fsp3) is 0.214. The van der Waals surface area contributed by atoms with Gasteiger partial charge in [0.25, 0.3) is 0 Å². The molecule has 7 aromatic rings. The summed E-state index contributed by atoms with van der Waals surface area (Å²) in [5, 5.41) is 49.4. The number of aromatic hydroxyl groups is 4. The standard InChI is InChI=1S/C56H48F10N8O4.Fe/c1-71(2,3)31-21-32(72(4,5)6)54(76)41(53(31)75)37-27-17-13-23(67-27)35(39-43(57)47(61)51(65)48(62)44(39)58)25-15-19-29(69-25)38(42-55(77)33(73(7,8)9)22-34(56(42)78)74(10,11)12)30-20-16-26(70-30)36(24-14-18-28(37)68-24)40-45(59)49(63)52(66)50(64)46(40)60;/h13-22H,1-12H3,(H2-4,67,68,69,70,75,76,77,78);/q;+2/p+2. The number of benzene rings is 4. The second-order valence-corrected chi connectivity index (χ2v) is 22.3. The first kappa shape index (κ1) is 57.5. The van der Waals surface area contributed by atoms with Crippen LogP contribution in [0.5, 0.6) is 23.0 Å². The Hall–Kier alpha value is -7.66. The van der Waals surface area contributed by atoms with Crippen LogP contribution < -0.4 is 27.9 Å². The molecule has 0 saturated heterocycles. The number of phenolic OH excluding ortho intramolecular Hbond substituents is 4. The molecule has 0 spiro atoms. The van der Waals surface area contributed by atoms with E-state index in [4.69, 9.17) is 0 Å². The molecule has 4 N–H and O–H groups in total. The molecule has 0 saturated carbocycles. The van der Waals surface area contributed by atoms with E-state index in [2.05, 4.69) is 19.9 Å². The summed E-state index contributed by atoms with van der Waals surface area (Å²) >= 11 is 0. The van der Waals surface area contributed by atoms with E-state index >= 15 is 35.1 Å². The number of halogens is 10. The van der Waals surface area contributed by atoms with Crippen LogP contribution in [0.1, 0.15) is 22.8 Å². The quantitative estimate of drug-likeness (QED) is 0.0389. The Bertz CT molecular complexity index is 3640. The van der Waals surface area contributed by atoms with Gasteiger partial charge in [-0.1, -0.05) is 24.3 Å². The van der Waals surface area contributed by atoms with Crippen molar-refractivity contribution in [2.24, 2.45) is 0 Å². The summed E-state index contributed by atoms with van der Waals surface area (Å²) in [6, 6.07) is 7.62. The van der Waals surface area contributed by atoms with Crippen LogP contribution in [-0.4, -0.2) is 115 Å². The third-order valence-electron chi connectivity index (χ3n) is 13.4. The third kappa shape index (κ3) is 9.26. The van der Waals surface area contributed by atoms with E-state index in [1.165, 1.54) is 36.4 Å². The van der Waals surface area contributed by atoms with E-state index in [0.717, 1.165) is 24.3 Å². The Balaban J connectivity index is 0.00000822. The summed E-state index contributed by atoms with van der Waals surface area (Å²) < 4.78 is 157. The molecule has 5 heterocycles. The van der Waals surface area contributed by atoms with Crippen molar-refractivity contribution in [3.05, 3.63) is 117 Å². The van der Waals surface area contributed by atoms with Crippen molar-refractivity contribution < 1.29 is 81.4 Å². The molecule has 79 heavy (non-hydrogen) atoms. The van der Waals surface area contributed by atoms with Crippen molar-refractivity contribution in [1.82, 2.24) is 37.9 Å². The second kappa shape index (κ2) is 19.3. The van der Waals surface area contributed by atoms with Gasteiger partial charge in [-0.25, -0.2) is 53.9 Å². The average molecular weight is 1140 g/mol. The molecular formula is C56H50F10FeN8O4+4. The van der Waals surface area contributed by atoms with Gasteiger partial charge >= 0.3 is 17.1 Å². The van der Waals surface area contributed by atoms with Crippen molar-refractivity contribution in [1.29, 1.82) is 0 Å². The van der Waals surface area contributed by atoms with Gasteiger partial charge in [0.05, 0.1) is 142 Å². The van der Waals surface area contributed by atoms with Gasteiger partial charge in [-0.3, -0.25) is 17.9 Å². The molecule has 12 nitrogen and oxygen atoms in total. The maximum absolute atomic E-state index is 16.4. The van der Waals surface area contributed by atoms with Crippen molar-refractivity contribution in [3.63, 3.8) is 0 Å². The van der Waals surface area contributed by atoms with E-state index in [1.807, 2.05) is 0 Å². The first-order chi connectivity index (χ1) is 36.1. The van der Waals surface area contributed by atoms with Crippen LogP contribution in [0, 0.1) is 58.2 Å². The van der Waals surface area contributed by atoms with E-state index in [0.29, 0.717) is 0 Å². The van der Waals surface area contributed by atoms with E-state index in [1.54, 1.807) is 84.6 Å². The maximum atomic E-state index is 16.4. The number of hydrogen-bond donors (Lipinski definition) is 4. The van der Waals surface area contributed by atoms with Gasteiger partial charge in [-0.2, -0.15) is 0 Å². The van der Waals surface area contributed by atoms with Crippen LogP contribution in [0.3, 0.4) is 0 Å². The SMILES string of the molecule is C[N+](C)(C)c1cc([N+](C)(C)C)c(O)c(-c2c3nc(c(-c4c(F)c(F)c(F)c(F)c4F)c4ccc([n-]4)c(-c4c(O)c([N+](C)(C)C)cc([N+](C)(C)C)c4O)c4nc(c(-c5c(F)c(F)c(F)c(F)c5F)c5ccc2[n-]5)C=C4)C=C3)c1O.[Fe+2]. The normalized spacial score (nSPS) is 12.9. The Morgan fingerprint density at radius 2 is 0.494 bits per heavy atom. The molecule has 4 aromatic carbocycles. The zero-order valence-electron chi connectivity index (χ0n) is 44.3. The molecule has 9 rings (SSSR count). The van der Waals surface area contributed by atoms with E-state index in [9.17, 15) is 29.2 Å². The Morgan fingerprint density at radius 3 is 0.696 bits per heavy atom. The van der Waals surface area contributed by atoms with E-state index < -0.39 is 137 Å². The molecule has 0 unspecified atom stereocenters. The summed E-state index contributed by atoms with van der Waals surface area (Å²) in [7, 11) is 20.2. The molecule has 23 heteroatoms. The largest absolute Gasteiger partial charge is 2.00 e. The summed E-state index contributed by atoms with van der Waals surface area (Å²) in [6.07, 6.45) is 4.58. The maximum Gasteiger partial charge on any atom is 2.00 e. The number of quaternary nitrogens is 4. The van der Waals surface area contributed by atoms with Crippen LogP contribution in [0.25, 0.3) is 90.9 Å². The molecule has 0 amide bonds. The first-order valence-corrected chi connectivity index (χ1v) is 23.6. The molecule has 8 bridgehead atoms. The number of rotatable bonds is 8. The summed E-state index contributed by atoms with van der Waals surface area (Å²) in [5.41, 5.74) is -8.78. The second-order valence-electron chi connectivity index (χ2n) is 22.3. The monoisotopic (exact) mass is 1140 g/mol. The topological polar surface area (TPSA) is 135 Å². The first-order valence-electron chi connectivity index (χ1n) is 23.6. The van der Waals surface area contributed by atoms with Gasteiger partial charge in [0.2, 0.25) is 11.6 Å². The van der Waals surface area contributed by atoms with Gasteiger partial charge in [0.15, 0.2) is 92.3 Å². The molecule has 2 aliphatic rings. The fourth-order valence-corrected chi connectivity index (χ4v) is 9.55. The number of hydrogen-bond acceptors (Lipinski definition) is 6. The van der Waals surface area contributed by atoms with Gasteiger partial charge < -0.3 is 30.4 Å². The molecule has 0 atom stereocenters. The fourth-order valence-electron chi connectivity index (χ4n) is 9.55. The smallest absolute Gasteiger partial charge is 0.657 e. The van der Waals surface area contributed by atoms with Crippen molar-refractivity contribution in [2.45, 2.75) is 0 Å². The molecular weight excluding hydrogens is 1090 g/mol. The summed E-state index contributed by atoms with van der Waals surface area (Å²) in [6.45, 7) is 0. The average Bonchev–Trinajstić information content (AvgIpc) is 4.26. The minimum Gasteiger partial charge on any atom is -0.657 e. The van der Waals surface area contributed by atoms with Crippen molar-refractivity contribution in [3.8, 4) is 67.5 Å². The van der Waals surface area contributed by atoms with E-state index in [-0.39, 0.29) is 91.3 Å². The zero-order valence-corrected chi connectivity index (χ0v) is 45.4. The third-order valence-corrected chi connectivity index (χ3v) is 13.4. The number of aromatic nitrogens is 4. The number of nitrogens with zero attached hydrogens (tertiary/aromatic N) is 8. The zero-order chi connectivity index (χ0) is 57.5. The van der Waals surface area contributed by atoms with Gasteiger partial charge in [0.1, 0.15) is 0 Å². The van der Waals surface area contributed by atoms with Gasteiger partial charge in [0, 0.05) is 11.1 Å². The number of fused-ring (bicyclic) bond motifs is 8. The number of phenols is 4. The molecule has 0 fully saturated rings. The van der Waals surface area contributed by atoms with Crippen LogP contribution in [0.15, 0.2) is 36.4 Å². The molecule has 3 aromatic heterocycles. The molecule has 2 aliphatic heterocycles. The Labute approximate surface area is 456 Å². The van der Waals surface area contributed by atoms with Gasteiger partial charge in [-0.15, -0.1) is 22.1 Å². The van der Waals surface area contributed by atoms with Crippen molar-refractivity contribution >= 4 is 69.1 Å². The van der Waals surface area contributed by atoms with Crippen LogP contribution in [-0.2, 0) is 17.1 Å². The van der Waals surface area contributed by atoms with Crippen LogP contribution in [0.4, 0.5) is 66.7 Å². The van der Waals surface area contributed by atoms with Crippen LogP contribution >= 0.6 is 0 Å². The minimum atomic E-state index is -2.48. The minimum absolute atomic E-state index is 0. The molecule has 412 valence electrons. The summed E-state index contributed by atoms with van der Waals surface area (Å²) in [4.78, 5) is 18.6. The summed E-state index contributed by atoms with van der Waals surface area (Å²) in [5.74, 6) is -25.8. The van der Waals surface area contributed by atoms with Crippen molar-refractivity contribution in [2.75, 3.05) is 84.6 Å². The Morgan fingerprint density at radius 1 is 0.304 bits per heavy atom. The van der Waals surface area contributed by atoms with Gasteiger partial charge in [-0.05, 0) is 35.4 Å². The predicted octanol–water partition coefficient (Wildman–Crippen LogP) is 11.6. The molecule has 0 radical (unpaired) electrons. The predicted molar refractivity (Wildman–Crippen MR) is 283 cm³/mol.